The number of carbonyl (C=O) groups is 2. The highest BCUT2D eigenvalue weighted by molar-refractivity contribution is 5.98. The number of nitrogens with zero attached hydrogens (tertiary/aromatic N) is 1. The van der Waals surface area contributed by atoms with Crippen LogP contribution in [0.3, 0.4) is 0 Å². The van der Waals surface area contributed by atoms with Gasteiger partial charge in [0.2, 0.25) is 0 Å². The van der Waals surface area contributed by atoms with Crippen LogP contribution in [0.25, 0.3) is 0 Å². The lowest BCUT2D eigenvalue weighted by atomic mass is 9.75. The van der Waals surface area contributed by atoms with Gasteiger partial charge in [-0.1, -0.05) is 45.0 Å². The number of carboxylic acid groups (broad SMARTS) is 1. The highest BCUT2D eigenvalue weighted by Gasteiger charge is 2.61. The van der Waals surface area contributed by atoms with Crippen molar-refractivity contribution in [2.24, 2.45) is 5.41 Å². The molecule has 196 valence electrons. The molecule has 7 nitrogen and oxygen atoms in total. The molecule has 10 heteroatoms. The largest absolute Gasteiger partial charge is 0.497 e. The summed E-state index contributed by atoms with van der Waals surface area (Å²) in [6.07, 6.45) is -5.04. The van der Waals surface area contributed by atoms with Crippen LogP contribution in [-0.2, 0) is 10.4 Å². The molecule has 1 saturated heterocycles. The third kappa shape index (κ3) is 5.43. The molecule has 0 bridgehead atoms. The van der Waals surface area contributed by atoms with Crippen LogP contribution >= 0.6 is 0 Å². The van der Waals surface area contributed by atoms with Gasteiger partial charge in [0.1, 0.15) is 5.75 Å². The maximum absolute atomic E-state index is 13.9. The van der Waals surface area contributed by atoms with E-state index in [1.54, 1.807) is 12.1 Å². The van der Waals surface area contributed by atoms with Gasteiger partial charge < -0.3 is 25.2 Å². The van der Waals surface area contributed by atoms with Crippen LogP contribution in [0.5, 0.6) is 5.75 Å². The van der Waals surface area contributed by atoms with Crippen molar-refractivity contribution < 1.29 is 37.7 Å². The Balaban J connectivity index is 1.81. The van der Waals surface area contributed by atoms with Crippen LogP contribution in [0.15, 0.2) is 48.5 Å². The third-order valence-corrected chi connectivity index (χ3v) is 6.71. The van der Waals surface area contributed by atoms with Gasteiger partial charge in [0.25, 0.3) is 11.5 Å². The van der Waals surface area contributed by atoms with Gasteiger partial charge in [0, 0.05) is 23.8 Å². The number of benzene rings is 2. The van der Waals surface area contributed by atoms with Crippen LogP contribution in [0.1, 0.15) is 50.7 Å². The Morgan fingerprint density at radius 2 is 1.72 bits per heavy atom. The number of halogens is 3. The van der Waals surface area contributed by atoms with Crippen LogP contribution in [0.4, 0.5) is 23.7 Å². The average molecular weight is 509 g/mol. The summed E-state index contributed by atoms with van der Waals surface area (Å²) in [5.74, 6) is -1.52. The number of alkyl halides is 3. The third-order valence-electron chi connectivity index (χ3n) is 6.71. The molecule has 0 radical (unpaired) electrons. The van der Waals surface area contributed by atoms with Crippen molar-refractivity contribution in [3.63, 3.8) is 0 Å². The minimum atomic E-state index is -5.29. The van der Waals surface area contributed by atoms with E-state index in [1.807, 2.05) is 20.8 Å². The van der Waals surface area contributed by atoms with E-state index in [9.17, 15) is 33.0 Å². The van der Waals surface area contributed by atoms with E-state index in [2.05, 4.69) is 5.32 Å². The van der Waals surface area contributed by atoms with E-state index in [0.717, 1.165) is 17.7 Å². The normalized spacial score (nSPS) is 20.4. The first-order valence-electron chi connectivity index (χ1n) is 11.5. The highest BCUT2D eigenvalue weighted by Crippen LogP contribution is 2.42. The molecule has 3 rings (SSSR count). The lowest BCUT2D eigenvalue weighted by molar-refractivity contribution is -0.254. The van der Waals surface area contributed by atoms with Crippen molar-refractivity contribution in [2.45, 2.75) is 57.3 Å². The summed E-state index contributed by atoms with van der Waals surface area (Å²) in [5.41, 5.74) is -3.74. The fraction of sp³-hybridized carbons (Fsp3) is 0.462. The molecule has 3 atom stereocenters. The minimum absolute atomic E-state index is 0.0541. The fourth-order valence-corrected chi connectivity index (χ4v) is 4.65. The smallest absolute Gasteiger partial charge is 0.430 e. The summed E-state index contributed by atoms with van der Waals surface area (Å²) in [6.45, 7) is 6.33. The molecule has 36 heavy (non-hydrogen) atoms. The van der Waals surface area contributed by atoms with Crippen LogP contribution in [0.2, 0.25) is 0 Å². The number of amides is 2. The second kappa shape index (κ2) is 10.0. The van der Waals surface area contributed by atoms with E-state index in [0.29, 0.717) is 19.4 Å². The van der Waals surface area contributed by atoms with Gasteiger partial charge in [-0.05, 0) is 54.0 Å². The molecular formula is C26H31F3N2O5. The van der Waals surface area contributed by atoms with E-state index < -0.39 is 29.3 Å². The minimum Gasteiger partial charge on any atom is -0.497 e. The number of anilines is 1. The number of aliphatic hydroxyl groups is 1. The SMILES string of the molecule is COc1cccc(C(O)(C(=O)Nc2ccc(C3CCN(C(=O)O)C(C(C)(C)C)C3)cc2)C(F)(F)F)c1. The first kappa shape index (κ1) is 27.3. The van der Waals surface area contributed by atoms with Gasteiger partial charge in [-0.25, -0.2) is 4.79 Å². The monoisotopic (exact) mass is 508 g/mol. The molecule has 1 aliphatic heterocycles. The molecule has 3 unspecified atom stereocenters. The molecule has 1 aliphatic rings. The summed E-state index contributed by atoms with van der Waals surface area (Å²) in [5, 5.41) is 22.3. The molecular weight excluding hydrogens is 477 g/mol. The summed E-state index contributed by atoms with van der Waals surface area (Å²) in [6, 6.07) is 10.8. The first-order valence-corrected chi connectivity index (χ1v) is 11.5. The summed E-state index contributed by atoms with van der Waals surface area (Å²) >= 11 is 0. The van der Waals surface area contributed by atoms with E-state index in [1.165, 1.54) is 36.3 Å². The Hall–Kier alpha value is -3.27. The van der Waals surface area contributed by atoms with Crippen LogP contribution < -0.4 is 10.1 Å². The predicted octanol–water partition coefficient (Wildman–Crippen LogP) is 5.36. The molecule has 1 fully saturated rings. The van der Waals surface area contributed by atoms with Gasteiger partial charge in [-0.3, -0.25) is 4.79 Å². The number of ether oxygens (including phenoxy) is 1. The Morgan fingerprint density at radius 1 is 1.08 bits per heavy atom. The number of piperidine rings is 1. The molecule has 0 saturated carbocycles. The number of likely N-dealkylation sites (tertiary alicyclic amines) is 1. The van der Waals surface area contributed by atoms with Crippen molar-refractivity contribution >= 4 is 17.7 Å². The highest BCUT2D eigenvalue weighted by atomic mass is 19.4. The summed E-state index contributed by atoms with van der Waals surface area (Å²) in [4.78, 5) is 25.9. The van der Waals surface area contributed by atoms with Crippen LogP contribution in [-0.4, -0.2) is 53.0 Å². The maximum atomic E-state index is 13.9. The predicted molar refractivity (Wildman–Crippen MR) is 128 cm³/mol. The van der Waals surface area contributed by atoms with E-state index >= 15 is 0 Å². The molecule has 3 N–H and O–H groups in total. The lowest BCUT2D eigenvalue weighted by Crippen LogP contribution is -2.52. The maximum Gasteiger partial charge on any atom is 0.430 e. The zero-order valence-corrected chi connectivity index (χ0v) is 20.6. The zero-order chi connectivity index (χ0) is 26.9. The van der Waals surface area contributed by atoms with Crippen molar-refractivity contribution in [1.82, 2.24) is 4.90 Å². The Kier molecular flexibility index (Phi) is 7.59. The molecule has 0 spiro atoms. The summed E-state index contributed by atoms with van der Waals surface area (Å²) < 4.78 is 46.7. The van der Waals surface area contributed by atoms with Gasteiger partial charge in [-0.2, -0.15) is 13.2 Å². The number of carbonyl (C=O) groups excluding carboxylic acids is 1. The topological polar surface area (TPSA) is 99.1 Å². The van der Waals surface area contributed by atoms with Crippen molar-refractivity contribution in [3.8, 4) is 5.75 Å². The van der Waals surface area contributed by atoms with Crippen LogP contribution in [0, 0.1) is 5.41 Å². The van der Waals surface area contributed by atoms with E-state index in [-0.39, 0.29) is 28.8 Å². The molecule has 2 amide bonds. The number of rotatable bonds is 5. The molecule has 2 aromatic carbocycles. The second-order valence-corrected chi connectivity index (χ2v) is 10.1. The quantitative estimate of drug-likeness (QED) is 0.505. The van der Waals surface area contributed by atoms with Crippen molar-refractivity contribution in [1.29, 1.82) is 0 Å². The second-order valence-electron chi connectivity index (χ2n) is 10.1. The van der Waals surface area contributed by atoms with Gasteiger partial charge in [0.15, 0.2) is 0 Å². The molecule has 0 aromatic heterocycles. The standard InChI is InChI=1S/C26H31F3N2O5/c1-24(2,3)21-14-17(12-13-31(21)23(33)34)16-8-10-19(11-9-16)30-22(32)25(35,26(27,28)29)18-6-5-7-20(15-18)36-4/h5-11,15,17,21,35H,12-14H2,1-4H3,(H,30,32)(H,33,34). The molecule has 1 heterocycles. The number of hydrogen-bond acceptors (Lipinski definition) is 4. The van der Waals surface area contributed by atoms with Crippen molar-refractivity contribution in [2.75, 3.05) is 19.0 Å². The Bertz CT molecular complexity index is 1100. The van der Waals surface area contributed by atoms with Gasteiger partial charge in [-0.15, -0.1) is 0 Å². The van der Waals surface area contributed by atoms with E-state index in [4.69, 9.17) is 4.74 Å². The molecule has 0 aliphatic carbocycles. The first-order chi connectivity index (χ1) is 16.7. The zero-order valence-electron chi connectivity index (χ0n) is 20.6. The number of nitrogens with one attached hydrogen (secondary N) is 1. The van der Waals surface area contributed by atoms with Gasteiger partial charge >= 0.3 is 12.3 Å². The fourth-order valence-electron chi connectivity index (χ4n) is 4.65. The number of methoxy groups -OCH3 is 1. The average Bonchev–Trinajstić information content (AvgIpc) is 2.82. The number of hydrogen-bond donors (Lipinski definition) is 3. The molecule has 2 aromatic rings. The lowest BCUT2D eigenvalue weighted by Gasteiger charge is -2.44. The van der Waals surface area contributed by atoms with Gasteiger partial charge in [0.05, 0.1) is 7.11 Å². The Labute approximate surface area is 207 Å². The van der Waals surface area contributed by atoms with Crippen molar-refractivity contribution in [3.05, 3.63) is 59.7 Å². The Morgan fingerprint density at radius 3 is 2.25 bits per heavy atom. The summed E-state index contributed by atoms with van der Waals surface area (Å²) in [7, 11) is 1.27.